The van der Waals surface area contributed by atoms with Gasteiger partial charge in [-0.3, -0.25) is 0 Å². The van der Waals surface area contributed by atoms with Crippen molar-refractivity contribution >= 4 is 36.0 Å². The molecule has 0 saturated carbocycles. The average molecular weight is 261 g/mol. The minimum atomic E-state index is 0.780. The first-order valence-electron chi connectivity index (χ1n) is 5.21. The van der Waals surface area contributed by atoms with Crippen LogP contribution in [0.1, 0.15) is 19.8 Å². The van der Waals surface area contributed by atoms with Crippen LogP contribution in [0.3, 0.4) is 0 Å². The van der Waals surface area contributed by atoms with Crippen LogP contribution in [0.15, 0.2) is 29.2 Å². The van der Waals surface area contributed by atoms with Crippen LogP contribution in [0.5, 0.6) is 0 Å². The highest BCUT2D eigenvalue weighted by Crippen LogP contribution is 2.23. The summed E-state index contributed by atoms with van der Waals surface area (Å²) in [6.45, 7) is 2.29. The second kappa shape index (κ2) is 7.48. The lowest BCUT2D eigenvalue weighted by molar-refractivity contribution is 0.554. The molecular weight excluding hydrogens is 244 g/mol. The van der Waals surface area contributed by atoms with Crippen LogP contribution in [0.4, 0.5) is 0 Å². The molecule has 0 amide bonds. The number of halogens is 1. The Morgan fingerprint density at radius 3 is 2.53 bits per heavy atom. The largest absolute Gasteiger partial charge is 0.179 e. The second-order valence-corrected chi connectivity index (χ2v) is 5.76. The predicted octanol–water partition coefficient (Wildman–Crippen LogP) is 4.78. The second-order valence-electron chi connectivity index (χ2n) is 3.71. The fourth-order valence-electron chi connectivity index (χ4n) is 1.27. The molecule has 0 aliphatic rings. The normalized spacial score (nSPS) is 12.7. The van der Waals surface area contributed by atoms with Gasteiger partial charge in [-0.1, -0.05) is 18.5 Å². The zero-order chi connectivity index (χ0) is 11.1. The Bertz CT molecular complexity index is 271. The van der Waals surface area contributed by atoms with Crippen LogP contribution in [0.25, 0.3) is 0 Å². The fraction of sp³-hybridized carbons (Fsp3) is 0.500. The summed E-state index contributed by atoms with van der Waals surface area (Å²) in [5, 5.41) is 0.808. The standard InChI is InChI=1S/C12H17ClS2/c1-10(6-8-14)7-9-15-12-4-2-11(13)3-5-12/h2-5,10,14H,6-9H2,1H3. The van der Waals surface area contributed by atoms with Crippen LogP contribution in [-0.4, -0.2) is 11.5 Å². The lowest BCUT2D eigenvalue weighted by Crippen LogP contribution is -1.97. The van der Waals surface area contributed by atoms with Crippen LogP contribution in [0, 0.1) is 5.92 Å². The first-order chi connectivity index (χ1) is 7.22. The molecule has 0 aliphatic carbocycles. The lowest BCUT2D eigenvalue weighted by atomic mass is 10.1. The van der Waals surface area contributed by atoms with Gasteiger partial charge in [0.25, 0.3) is 0 Å². The Kier molecular flexibility index (Phi) is 6.62. The van der Waals surface area contributed by atoms with Crippen LogP contribution in [0.2, 0.25) is 5.02 Å². The summed E-state index contributed by atoms with van der Waals surface area (Å²) < 4.78 is 0. The van der Waals surface area contributed by atoms with Gasteiger partial charge in [0.15, 0.2) is 0 Å². The van der Waals surface area contributed by atoms with E-state index in [0.717, 1.165) is 16.7 Å². The van der Waals surface area contributed by atoms with Crippen molar-refractivity contribution in [2.45, 2.75) is 24.7 Å². The third-order valence-corrected chi connectivity index (χ3v) is 3.87. The number of thiol groups is 1. The van der Waals surface area contributed by atoms with Crippen LogP contribution >= 0.6 is 36.0 Å². The highest BCUT2D eigenvalue weighted by Gasteiger charge is 2.01. The molecule has 0 aliphatic heterocycles. The summed E-state index contributed by atoms with van der Waals surface area (Å²) in [4.78, 5) is 1.30. The highest BCUT2D eigenvalue weighted by molar-refractivity contribution is 7.99. The van der Waals surface area contributed by atoms with Gasteiger partial charge in [-0.15, -0.1) is 11.8 Å². The molecule has 0 bridgehead atoms. The molecule has 3 heteroatoms. The molecule has 1 atom stereocenters. The smallest absolute Gasteiger partial charge is 0.0406 e. The van der Waals surface area contributed by atoms with Gasteiger partial charge in [-0.05, 0) is 54.5 Å². The third-order valence-electron chi connectivity index (χ3n) is 2.31. The van der Waals surface area contributed by atoms with Gasteiger partial charge in [-0.25, -0.2) is 0 Å². The van der Waals surface area contributed by atoms with Crippen molar-refractivity contribution in [1.29, 1.82) is 0 Å². The van der Waals surface area contributed by atoms with E-state index < -0.39 is 0 Å². The topological polar surface area (TPSA) is 0 Å². The zero-order valence-corrected chi connectivity index (χ0v) is 11.4. The fourth-order valence-corrected chi connectivity index (χ4v) is 2.92. The van der Waals surface area contributed by atoms with E-state index in [2.05, 4.69) is 31.7 Å². The van der Waals surface area contributed by atoms with Gasteiger partial charge >= 0.3 is 0 Å². The van der Waals surface area contributed by atoms with Crippen molar-refractivity contribution in [3.63, 3.8) is 0 Å². The molecule has 0 spiro atoms. The Hall–Kier alpha value is 0.210. The number of hydrogen-bond donors (Lipinski definition) is 1. The highest BCUT2D eigenvalue weighted by atomic mass is 35.5. The lowest BCUT2D eigenvalue weighted by Gasteiger charge is -2.08. The Morgan fingerprint density at radius 1 is 1.27 bits per heavy atom. The number of hydrogen-bond acceptors (Lipinski definition) is 2. The van der Waals surface area contributed by atoms with Gasteiger partial charge in [0, 0.05) is 9.92 Å². The van der Waals surface area contributed by atoms with Gasteiger partial charge in [0.2, 0.25) is 0 Å². The first kappa shape index (κ1) is 13.3. The molecular formula is C12H17ClS2. The molecule has 1 rings (SSSR count). The summed E-state index contributed by atoms with van der Waals surface area (Å²) in [7, 11) is 0. The average Bonchev–Trinajstić information content (AvgIpc) is 2.21. The minimum absolute atomic E-state index is 0.780. The first-order valence-corrected chi connectivity index (χ1v) is 7.21. The maximum atomic E-state index is 5.82. The van der Waals surface area contributed by atoms with E-state index in [1.165, 1.54) is 23.5 Å². The van der Waals surface area contributed by atoms with E-state index in [-0.39, 0.29) is 0 Å². The quantitative estimate of drug-likeness (QED) is 0.567. The van der Waals surface area contributed by atoms with Gasteiger partial charge in [0.05, 0.1) is 0 Å². The number of benzene rings is 1. The van der Waals surface area contributed by atoms with Gasteiger partial charge in [-0.2, -0.15) is 12.6 Å². The SMILES string of the molecule is CC(CCS)CCSc1ccc(Cl)cc1. The van der Waals surface area contributed by atoms with Crippen LogP contribution in [-0.2, 0) is 0 Å². The van der Waals surface area contributed by atoms with Gasteiger partial charge < -0.3 is 0 Å². The molecule has 0 N–H and O–H groups in total. The van der Waals surface area contributed by atoms with E-state index in [1.54, 1.807) is 0 Å². The van der Waals surface area contributed by atoms with Gasteiger partial charge in [0.1, 0.15) is 0 Å². The molecule has 0 radical (unpaired) electrons. The number of rotatable bonds is 6. The molecule has 0 fully saturated rings. The minimum Gasteiger partial charge on any atom is -0.179 e. The summed E-state index contributed by atoms with van der Waals surface area (Å²) in [6, 6.07) is 8.05. The third kappa shape index (κ3) is 5.74. The Balaban J connectivity index is 2.22. The summed E-state index contributed by atoms with van der Waals surface area (Å²) in [6.07, 6.45) is 2.47. The van der Waals surface area contributed by atoms with Crippen molar-refractivity contribution in [3.05, 3.63) is 29.3 Å². The van der Waals surface area contributed by atoms with E-state index >= 15 is 0 Å². The Morgan fingerprint density at radius 2 is 1.93 bits per heavy atom. The van der Waals surface area contributed by atoms with E-state index in [1.807, 2.05) is 23.9 Å². The molecule has 1 unspecified atom stereocenters. The molecule has 1 aromatic rings. The summed E-state index contributed by atoms with van der Waals surface area (Å²) >= 11 is 12.0. The molecule has 84 valence electrons. The van der Waals surface area contributed by atoms with Crippen molar-refractivity contribution in [2.75, 3.05) is 11.5 Å². The Labute approximate surface area is 107 Å². The molecule has 1 aromatic carbocycles. The van der Waals surface area contributed by atoms with Crippen molar-refractivity contribution in [3.8, 4) is 0 Å². The number of thioether (sulfide) groups is 1. The van der Waals surface area contributed by atoms with E-state index in [9.17, 15) is 0 Å². The molecule has 0 nitrogen and oxygen atoms in total. The van der Waals surface area contributed by atoms with E-state index in [4.69, 9.17) is 11.6 Å². The molecule has 0 aromatic heterocycles. The zero-order valence-electron chi connectivity index (χ0n) is 8.95. The molecule has 0 heterocycles. The maximum Gasteiger partial charge on any atom is 0.0406 e. The van der Waals surface area contributed by atoms with Crippen LogP contribution < -0.4 is 0 Å². The van der Waals surface area contributed by atoms with E-state index in [0.29, 0.717) is 0 Å². The molecule has 15 heavy (non-hydrogen) atoms. The predicted molar refractivity (Wildman–Crippen MR) is 74.4 cm³/mol. The molecule has 0 saturated heterocycles. The van der Waals surface area contributed by atoms with Crippen molar-refractivity contribution in [1.82, 2.24) is 0 Å². The monoisotopic (exact) mass is 260 g/mol. The summed E-state index contributed by atoms with van der Waals surface area (Å²) in [5.41, 5.74) is 0. The maximum absolute atomic E-state index is 5.82. The van der Waals surface area contributed by atoms with Crippen molar-refractivity contribution in [2.24, 2.45) is 5.92 Å². The summed E-state index contributed by atoms with van der Waals surface area (Å²) in [5.74, 6) is 2.95. The van der Waals surface area contributed by atoms with Crippen molar-refractivity contribution < 1.29 is 0 Å².